The molecule has 27 heavy (non-hydrogen) atoms. The Morgan fingerprint density at radius 3 is 2.48 bits per heavy atom. The fourth-order valence-corrected chi connectivity index (χ4v) is 3.82. The second-order valence-corrected chi connectivity index (χ2v) is 6.69. The summed E-state index contributed by atoms with van der Waals surface area (Å²) in [6.07, 6.45) is 3.69. The number of anilines is 2. The molecule has 2 fully saturated rings. The van der Waals surface area contributed by atoms with Crippen molar-refractivity contribution < 1.29 is 19.2 Å². The third-order valence-corrected chi connectivity index (χ3v) is 5.21. The summed E-state index contributed by atoms with van der Waals surface area (Å²) in [6, 6.07) is 8.57. The molecule has 8 heteroatoms. The summed E-state index contributed by atoms with van der Waals surface area (Å²) in [5.41, 5.74) is 0.522. The number of piperazine rings is 1. The van der Waals surface area contributed by atoms with Gasteiger partial charge in [0.1, 0.15) is 5.75 Å². The van der Waals surface area contributed by atoms with Crippen molar-refractivity contribution in [3.05, 3.63) is 42.7 Å². The maximum absolute atomic E-state index is 13.0. The van der Waals surface area contributed by atoms with E-state index in [0.717, 1.165) is 31.1 Å². The van der Waals surface area contributed by atoms with Crippen LogP contribution in [0.2, 0.25) is 0 Å². The molecule has 8 nitrogen and oxygen atoms in total. The van der Waals surface area contributed by atoms with Gasteiger partial charge in [-0.1, -0.05) is 12.1 Å². The van der Waals surface area contributed by atoms with Gasteiger partial charge in [0.2, 0.25) is 11.9 Å². The minimum absolute atomic E-state index is 0.149. The molecule has 1 aromatic carbocycles. The lowest BCUT2D eigenvalue weighted by atomic mass is 10.2. The van der Waals surface area contributed by atoms with Gasteiger partial charge in [-0.15, -0.1) is 0 Å². The van der Waals surface area contributed by atoms with E-state index in [1.54, 1.807) is 36.7 Å². The zero-order valence-corrected chi connectivity index (χ0v) is 15.2. The monoisotopic (exact) mass is 368 g/mol. The van der Waals surface area contributed by atoms with Crippen molar-refractivity contribution in [1.82, 2.24) is 9.97 Å². The maximum Gasteiger partial charge on any atom is 0.292 e. The second kappa shape index (κ2) is 7.32. The number of hydrogen-bond acceptors (Lipinski definition) is 6. The molecule has 0 radical (unpaired) electrons. The lowest BCUT2D eigenvalue weighted by Crippen LogP contribution is -3.19. The summed E-state index contributed by atoms with van der Waals surface area (Å²) < 4.78 is 5.32. The Morgan fingerprint density at radius 1 is 1.07 bits per heavy atom. The first kappa shape index (κ1) is 17.4. The molecular formula is C19H22N5O3+. The highest BCUT2D eigenvalue weighted by atomic mass is 16.5. The summed E-state index contributed by atoms with van der Waals surface area (Å²) in [7, 11) is 1.54. The van der Waals surface area contributed by atoms with Crippen LogP contribution < -0.4 is 19.4 Å². The van der Waals surface area contributed by atoms with Gasteiger partial charge >= 0.3 is 0 Å². The summed E-state index contributed by atoms with van der Waals surface area (Å²) >= 11 is 0. The first-order valence-corrected chi connectivity index (χ1v) is 9.05. The van der Waals surface area contributed by atoms with Gasteiger partial charge in [-0.05, 0) is 18.2 Å². The normalized spacial score (nSPS) is 21.0. The number of ether oxygens (including phenoxy) is 1. The van der Waals surface area contributed by atoms with E-state index in [4.69, 9.17) is 4.74 Å². The van der Waals surface area contributed by atoms with Gasteiger partial charge in [-0.2, -0.15) is 0 Å². The Kier molecular flexibility index (Phi) is 4.72. The van der Waals surface area contributed by atoms with Gasteiger partial charge < -0.3 is 14.5 Å². The van der Waals surface area contributed by atoms with Gasteiger partial charge in [-0.3, -0.25) is 9.59 Å². The SMILES string of the molecule is COc1ccccc1N1C(=O)CC([NH+]2CCN(c3ncccn3)CC2)C1=O. The number of imide groups is 1. The number of quaternary nitrogens is 1. The van der Waals surface area contributed by atoms with Crippen molar-refractivity contribution in [2.24, 2.45) is 0 Å². The molecule has 2 aliphatic heterocycles. The minimum atomic E-state index is -0.346. The van der Waals surface area contributed by atoms with Crippen LogP contribution in [0, 0.1) is 0 Å². The zero-order chi connectivity index (χ0) is 18.8. The standard InChI is InChI=1S/C19H21N5O3/c1-27-16-6-3-2-5-14(16)24-17(25)13-15(18(24)26)22-9-11-23(12-10-22)19-20-7-4-8-21-19/h2-8,15H,9-13H2,1H3/p+1. The highest BCUT2D eigenvalue weighted by molar-refractivity contribution is 6.22. The molecular weight excluding hydrogens is 346 g/mol. The van der Waals surface area contributed by atoms with E-state index in [1.807, 2.05) is 6.07 Å². The Hall–Kier alpha value is -3.00. The molecule has 0 aliphatic carbocycles. The van der Waals surface area contributed by atoms with Gasteiger partial charge in [0.15, 0.2) is 6.04 Å². The Balaban J connectivity index is 1.47. The number of aromatic nitrogens is 2. The number of benzene rings is 1. The van der Waals surface area contributed by atoms with Gasteiger partial charge in [-0.25, -0.2) is 14.9 Å². The Bertz CT molecular complexity index is 836. The molecule has 3 heterocycles. The Labute approximate surface area is 157 Å². The summed E-state index contributed by atoms with van der Waals surface area (Å²) in [5, 5.41) is 0. The second-order valence-electron chi connectivity index (χ2n) is 6.69. The quantitative estimate of drug-likeness (QED) is 0.735. The van der Waals surface area contributed by atoms with Crippen LogP contribution in [-0.4, -0.2) is 61.1 Å². The largest absolute Gasteiger partial charge is 0.495 e. The fraction of sp³-hybridized carbons (Fsp3) is 0.368. The molecule has 1 unspecified atom stereocenters. The van der Waals surface area contributed by atoms with E-state index in [1.165, 1.54) is 12.0 Å². The molecule has 1 N–H and O–H groups in total. The number of carbonyl (C=O) groups is 2. The third kappa shape index (κ3) is 3.23. The van der Waals surface area contributed by atoms with Crippen molar-refractivity contribution in [3.63, 3.8) is 0 Å². The van der Waals surface area contributed by atoms with E-state index in [9.17, 15) is 9.59 Å². The van der Waals surface area contributed by atoms with E-state index in [-0.39, 0.29) is 24.3 Å². The van der Waals surface area contributed by atoms with Gasteiger partial charge in [0.25, 0.3) is 5.91 Å². The van der Waals surface area contributed by atoms with Crippen molar-refractivity contribution in [3.8, 4) is 5.75 Å². The number of nitrogens with zero attached hydrogens (tertiary/aromatic N) is 4. The molecule has 2 aromatic rings. The molecule has 1 atom stereocenters. The molecule has 0 bridgehead atoms. The molecule has 4 rings (SSSR count). The van der Waals surface area contributed by atoms with Crippen molar-refractivity contribution in [1.29, 1.82) is 0 Å². The van der Waals surface area contributed by atoms with Crippen LogP contribution in [0.1, 0.15) is 6.42 Å². The summed E-state index contributed by atoms with van der Waals surface area (Å²) in [6.45, 7) is 3.04. The fourth-order valence-electron chi connectivity index (χ4n) is 3.82. The predicted octanol–water partition coefficient (Wildman–Crippen LogP) is -0.478. The van der Waals surface area contributed by atoms with Crippen LogP contribution in [0.15, 0.2) is 42.7 Å². The first-order valence-electron chi connectivity index (χ1n) is 9.05. The van der Waals surface area contributed by atoms with E-state index < -0.39 is 0 Å². The number of rotatable bonds is 4. The number of para-hydroxylation sites is 2. The van der Waals surface area contributed by atoms with Crippen LogP contribution in [0.3, 0.4) is 0 Å². The summed E-state index contributed by atoms with van der Waals surface area (Å²) in [4.78, 5) is 38.7. The lowest BCUT2D eigenvalue weighted by molar-refractivity contribution is -0.915. The highest BCUT2D eigenvalue weighted by Gasteiger charge is 2.47. The van der Waals surface area contributed by atoms with E-state index in [2.05, 4.69) is 14.9 Å². The molecule has 0 saturated carbocycles. The van der Waals surface area contributed by atoms with Crippen molar-refractivity contribution in [2.45, 2.75) is 12.5 Å². The number of methoxy groups -OCH3 is 1. The first-order chi connectivity index (χ1) is 13.2. The van der Waals surface area contributed by atoms with Crippen LogP contribution in [0.25, 0.3) is 0 Å². The number of hydrogen-bond donors (Lipinski definition) is 1. The highest BCUT2D eigenvalue weighted by Crippen LogP contribution is 2.31. The molecule has 2 amide bonds. The average molecular weight is 368 g/mol. The average Bonchev–Trinajstić information content (AvgIpc) is 3.02. The van der Waals surface area contributed by atoms with E-state index >= 15 is 0 Å². The molecule has 0 spiro atoms. The molecule has 140 valence electrons. The number of nitrogens with one attached hydrogen (secondary N) is 1. The predicted molar refractivity (Wildman–Crippen MR) is 98.8 cm³/mol. The van der Waals surface area contributed by atoms with Crippen molar-refractivity contribution in [2.75, 3.05) is 43.1 Å². The summed E-state index contributed by atoms with van der Waals surface area (Å²) in [5.74, 6) is 0.918. The maximum atomic E-state index is 13.0. The molecule has 1 aromatic heterocycles. The van der Waals surface area contributed by atoms with Gasteiger partial charge in [0, 0.05) is 12.4 Å². The molecule has 2 saturated heterocycles. The Morgan fingerprint density at radius 2 is 1.78 bits per heavy atom. The van der Waals surface area contributed by atoms with Crippen LogP contribution in [0.5, 0.6) is 5.75 Å². The minimum Gasteiger partial charge on any atom is -0.495 e. The van der Waals surface area contributed by atoms with Crippen LogP contribution >= 0.6 is 0 Å². The van der Waals surface area contributed by atoms with E-state index in [0.29, 0.717) is 17.4 Å². The molecule has 2 aliphatic rings. The smallest absolute Gasteiger partial charge is 0.292 e. The number of amides is 2. The van der Waals surface area contributed by atoms with Crippen molar-refractivity contribution >= 4 is 23.5 Å². The zero-order valence-electron chi connectivity index (χ0n) is 15.2. The lowest BCUT2D eigenvalue weighted by Gasteiger charge is -2.34. The van der Waals surface area contributed by atoms with Crippen LogP contribution in [0.4, 0.5) is 11.6 Å². The topological polar surface area (TPSA) is 80.1 Å². The number of carbonyl (C=O) groups excluding carboxylic acids is 2. The third-order valence-electron chi connectivity index (χ3n) is 5.21. The van der Waals surface area contributed by atoms with Gasteiger partial charge in [0.05, 0.1) is 45.4 Å². The van der Waals surface area contributed by atoms with Crippen LogP contribution in [-0.2, 0) is 9.59 Å².